The lowest BCUT2D eigenvalue weighted by molar-refractivity contribution is -0.156. The van der Waals surface area contributed by atoms with Crippen LogP contribution < -0.4 is 9.47 Å². The summed E-state index contributed by atoms with van der Waals surface area (Å²) in [4.78, 5) is 24.0. The number of aliphatic hydroxyl groups excluding tert-OH is 2. The normalized spacial score (nSPS) is 11.3. The Bertz CT molecular complexity index is 1380. The third-order valence-corrected chi connectivity index (χ3v) is 7.33. The first-order valence-electron chi connectivity index (χ1n) is 15.3. The van der Waals surface area contributed by atoms with Gasteiger partial charge in [0.05, 0.1) is 24.2 Å². The summed E-state index contributed by atoms with van der Waals surface area (Å²) >= 11 is 0. The van der Waals surface area contributed by atoms with E-state index in [1.165, 1.54) is 37.7 Å². The Morgan fingerprint density at radius 1 is 0.795 bits per heavy atom. The highest BCUT2D eigenvalue weighted by Gasteiger charge is 2.28. The summed E-state index contributed by atoms with van der Waals surface area (Å²) < 4.78 is 22.3. The Balaban J connectivity index is 1.75. The van der Waals surface area contributed by atoms with E-state index in [4.69, 9.17) is 24.1 Å². The van der Waals surface area contributed by atoms with E-state index in [2.05, 4.69) is 43.8 Å². The van der Waals surface area contributed by atoms with Gasteiger partial charge in [-0.15, -0.1) is 0 Å². The monoisotopic (exact) mass is 606 g/mol. The quantitative estimate of drug-likeness (QED) is 0.0912. The molecule has 3 aromatic carbocycles. The van der Waals surface area contributed by atoms with Gasteiger partial charge in [0.25, 0.3) is 0 Å². The maximum atomic E-state index is 12.2. The molecule has 0 saturated heterocycles. The molecule has 0 aliphatic heterocycles. The fourth-order valence-corrected chi connectivity index (χ4v) is 4.49. The molecule has 0 aromatic heterocycles. The van der Waals surface area contributed by atoms with E-state index < -0.39 is 24.0 Å². The number of carbonyl (C=O) groups excluding carboxylic acids is 2. The second-order valence-electron chi connectivity index (χ2n) is 11.5. The number of benzene rings is 3. The predicted octanol–water partition coefficient (Wildman–Crippen LogP) is 6.43. The van der Waals surface area contributed by atoms with Gasteiger partial charge in [0.1, 0.15) is 37.9 Å². The molecule has 0 spiro atoms. The number of ether oxygens (including phenoxy) is 4. The van der Waals surface area contributed by atoms with Crippen LogP contribution in [0.3, 0.4) is 0 Å². The Kier molecular flexibility index (Phi) is 13.7. The molecule has 0 aliphatic carbocycles. The van der Waals surface area contributed by atoms with Crippen LogP contribution in [0.15, 0.2) is 66.7 Å². The number of rotatable bonds is 19. The average Bonchev–Trinajstić information content (AvgIpc) is 3.04. The first kappa shape index (κ1) is 34.6. The summed E-state index contributed by atoms with van der Waals surface area (Å²) in [6.07, 6.45) is 7.39. The smallest absolute Gasteiger partial charge is 0.335 e. The molecule has 0 aliphatic rings. The molecule has 0 atom stereocenters. The number of carbonyl (C=O) groups is 2. The number of hydrogen-bond acceptors (Lipinski definition) is 8. The van der Waals surface area contributed by atoms with Crippen molar-refractivity contribution in [3.8, 4) is 22.6 Å². The van der Waals surface area contributed by atoms with Gasteiger partial charge in [-0.25, -0.2) is 4.79 Å². The van der Waals surface area contributed by atoms with Gasteiger partial charge >= 0.3 is 11.9 Å². The van der Waals surface area contributed by atoms with Gasteiger partial charge in [0.2, 0.25) is 0 Å². The van der Waals surface area contributed by atoms with Crippen LogP contribution in [0.4, 0.5) is 0 Å². The standard InChI is InChI=1S/C36H46O8/c1-5-6-7-8-9-10-27-11-13-28(14-12-27)29-15-16-32-30(21-29)22-31(41-17-19-43-34(39)26(2)24-37)23-33(32)42-18-20-44-35(40)36(3,4)25-38/h11-16,21-23,37-38H,2,5-10,17-20,24-25H2,1,3-4H3. The maximum Gasteiger partial charge on any atom is 0.335 e. The van der Waals surface area contributed by atoms with Crippen LogP contribution in [0.5, 0.6) is 11.5 Å². The molecule has 0 saturated carbocycles. The van der Waals surface area contributed by atoms with E-state index in [0.717, 1.165) is 28.3 Å². The van der Waals surface area contributed by atoms with Crippen molar-refractivity contribution in [1.29, 1.82) is 0 Å². The fraction of sp³-hybridized carbons (Fsp3) is 0.444. The molecule has 0 radical (unpaired) electrons. The molecule has 3 rings (SSSR count). The van der Waals surface area contributed by atoms with Gasteiger partial charge in [-0.05, 0) is 60.9 Å². The maximum absolute atomic E-state index is 12.2. The van der Waals surface area contributed by atoms with E-state index in [0.29, 0.717) is 11.5 Å². The highest BCUT2D eigenvalue weighted by molar-refractivity contribution is 5.93. The summed E-state index contributed by atoms with van der Waals surface area (Å²) in [6, 6.07) is 18.4. The first-order valence-corrected chi connectivity index (χ1v) is 15.3. The van der Waals surface area contributed by atoms with Crippen LogP contribution in [0, 0.1) is 5.41 Å². The van der Waals surface area contributed by atoms with Gasteiger partial charge in [-0.1, -0.05) is 75.6 Å². The van der Waals surface area contributed by atoms with Crippen molar-refractivity contribution in [3.63, 3.8) is 0 Å². The molecular formula is C36H46O8. The molecule has 8 nitrogen and oxygen atoms in total. The van der Waals surface area contributed by atoms with Crippen molar-refractivity contribution in [2.45, 2.75) is 59.3 Å². The molecule has 2 N–H and O–H groups in total. The summed E-state index contributed by atoms with van der Waals surface area (Å²) in [5, 5.41) is 20.2. The first-order chi connectivity index (χ1) is 21.2. The van der Waals surface area contributed by atoms with E-state index in [1.807, 2.05) is 18.2 Å². The zero-order valence-corrected chi connectivity index (χ0v) is 26.2. The molecule has 0 amide bonds. The van der Waals surface area contributed by atoms with Crippen LogP contribution in [0.1, 0.15) is 58.4 Å². The molecule has 238 valence electrons. The van der Waals surface area contributed by atoms with E-state index >= 15 is 0 Å². The molecule has 0 heterocycles. The number of aryl methyl sites for hydroxylation is 1. The van der Waals surface area contributed by atoms with Crippen LogP contribution in [-0.4, -0.2) is 61.8 Å². The molecule has 44 heavy (non-hydrogen) atoms. The highest BCUT2D eigenvalue weighted by Crippen LogP contribution is 2.34. The lowest BCUT2D eigenvalue weighted by Gasteiger charge is -2.19. The van der Waals surface area contributed by atoms with Crippen LogP contribution in [-0.2, 0) is 25.5 Å². The largest absolute Gasteiger partial charge is 0.490 e. The molecule has 8 heteroatoms. The summed E-state index contributed by atoms with van der Waals surface area (Å²) in [5.41, 5.74) is 2.47. The van der Waals surface area contributed by atoms with Gasteiger partial charge in [0.15, 0.2) is 0 Å². The van der Waals surface area contributed by atoms with Crippen molar-refractivity contribution < 1.29 is 38.7 Å². The van der Waals surface area contributed by atoms with Crippen LogP contribution in [0.25, 0.3) is 21.9 Å². The van der Waals surface area contributed by atoms with Crippen molar-refractivity contribution in [2.24, 2.45) is 5.41 Å². The van der Waals surface area contributed by atoms with Crippen molar-refractivity contribution in [3.05, 3.63) is 72.3 Å². The third-order valence-electron chi connectivity index (χ3n) is 7.33. The average molecular weight is 607 g/mol. The van der Waals surface area contributed by atoms with Crippen molar-refractivity contribution in [1.82, 2.24) is 0 Å². The summed E-state index contributed by atoms with van der Waals surface area (Å²) in [5.74, 6) is -0.120. The van der Waals surface area contributed by atoms with Gasteiger partial charge < -0.3 is 29.2 Å². The zero-order valence-electron chi connectivity index (χ0n) is 26.2. The van der Waals surface area contributed by atoms with E-state index in [-0.39, 0.29) is 38.6 Å². The molecule has 0 fully saturated rings. The highest BCUT2D eigenvalue weighted by atomic mass is 16.6. The second kappa shape index (κ2) is 17.4. The number of unbranched alkanes of at least 4 members (excludes halogenated alkanes) is 4. The Labute approximate surface area is 260 Å². The van der Waals surface area contributed by atoms with Gasteiger partial charge in [-0.3, -0.25) is 4.79 Å². The van der Waals surface area contributed by atoms with Crippen LogP contribution in [0.2, 0.25) is 0 Å². The minimum atomic E-state index is -0.989. The molecule has 0 unspecified atom stereocenters. The number of hydrogen-bond donors (Lipinski definition) is 2. The van der Waals surface area contributed by atoms with E-state index in [1.54, 1.807) is 19.9 Å². The van der Waals surface area contributed by atoms with Crippen molar-refractivity contribution in [2.75, 3.05) is 39.6 Å². The SMILES string of the molecule is C=C(CO)C(=O)OCCOc1cc(OCCOC(=O)C(C)(C)CO)c2ccc(-c3ccc(CCCCCCC)cc3)cc2c1. The van der Waals surface area contributed by atoms with Crippen LogP contribution >= 0.6 is 0 Å². The molecule has 3 aromatic rings. The Morgan fingerprint density at radius 3 is 2.18 bits per heavy atom. The molecular weight excluding hydrogens is 560 g/mol. The molecule has 0 bridgehead atoms. The third kappa shape index (κ3) is 10.4. The predicted molar refractivity (Wildman–Crippen MR) is 172 cm³/mol. The zero-order chi connectivity index (χ0) is 32.0. The number of esters is 2. The van der Waals surface area contributed by atoms with Gasteiger partial charge in [-0.2, -0.15) is 0 Å². The minimum Gasteiger partial charge on any atom is -0.490 e. The Hall–Kier alpha value is -3.88. The van der Waals surface area contributed by atoms with E-state index in [9.17, 15) is 14.7 Å². The second-order valence-corrected chi connectivity index (χ2v) is 11.5. The number of aliphatic hydroxyl groups is 2. The Morgan fingerprint density at radius 2 is 1.48 bits per heavy atom. The minimum absolute atomic E-state index is 0.0164. The number of fused-ring (bicyclic) bond motifs is 1. The lowest BCUT2D eigenvalue weighted by Crippen LogP contribution is -2.31. The summed E-state index contributed by atoms with van der Waals surface area (Å²) in [6.45, 7) is 8.31. The lowest BCUT2D eigenvalue weighted by atomic mass is 9.95. The summed E-state index contributed by atoms with van der Waals surface area (Å²) in [7, 11) is 0. The topological polar surface area (TPSA) is 112 Å². The fourth-order valence-electron chi connectivity index (χ4n) is 4.49. The van der Waals surface area contributed by atoms with Crippen molar-refractivity contribution >= 4 is 22.7 Å². The van der Waals surface area contributed by atoms with Gasteiger partial charge in [0, 0.05) is 11.5 Å².